The third kappa shape index (κ3) is 3.35. The van der Waals surface area contributed by atoms with E-state index in [1.165, 1.54) is 11.1 Å². The molecule has 34 heavy (non-hydrogen) atoms. The summed E-state index contributed by atoms with van der Waals surface area (Å²) in [4.78, 5) is 17.6. The summed E-state index contributed by atoms with van der Waals surface area (Å²) in [7, 11) is 0. The first-order chi connectivity index (χ1) is 16.7. The molecule has 0 bridgehead atoms. The van der Waals surface area contributed by atoms with Crippen molar-refractivity contribution in [3.8, 4) is 5.69 Å². The lowest BCUT2D eigenvalue weighted by Crippen LogP contribution is -2.23. The zero-order valence-electron chi connectivity index (χ0n) is 18.7. The number of amides is 1. The quantitative estimate of drug-likeness (QED) is 0.436. The maximum Gasteiger partial charge on any atom is 0.279 e. The fourth-order valence-electron chi connectivity index (χ4n) is 4.86. The Bertz CT molecular complexity index is 1510. The summed E-state index contributed by atoms with van der Waals surface area (Å²) in [5.41, 5.74) is 5.23. The number of pyridine rings is 1. The van der Waals surface area contributed by atoms with E-state index in [0.717, 1.165) is 35.9 Å². The summed E-state index contributed by atoms with van der Waals surface area (Å²) in [6.45, 7) is 1.85. The van der Waals surface area contributed by atoms with E-state index >= 15 is 0 Å². The molecule has 0 spiro atoms. The number of fused-ring (bicyclic) bond motifs is 2. The molecule has 8 heteroatoms. The summed E-state index contributed by atoms with van der Waals surface area (Å²) in [6.07, 6.45) is 6.61. The zero-order chi connectivity index (χ0) is 23.1. The highest BCUT2D eigenvalue weighted by atomic mass is 16.2. The van der Waals surface area contributed by atoms with Crippen LogP contribution in [0.15, 0.2) is 73.1 Å². The molecule has 1 amide bonds. The average molecular weight is 450 g/mol. The summed E-state index contributed by atoms with van der Waals surface area (Å²) >= 11 is 0. The van der Waals surface area contributed by atoms with Crippen LogP contribution in [0, 0.1) is 6.92 Å². The first kappa shape index (κ1) is 20.3. The van der Waals surface area contributed by atoms with Gasteiger partial charge in [0.05, 0.1) is 29.1 Å². The molecule has 2 aromatic carbocycles. The van der Waals surface area contributed by atoms with Gasteiger partial charge in [0.15, 0.2) is 5.69 Å². The second-order valence-corrected chi connectivity index (χ2v) is 8.50. The van der Waals surface area contributed by atoms with Crippen molar-refractivity contribution in [2.45, 2.75) is 32.2 Å². The molecular weight excluding hydrogens is 426 g/mol. The molecule has 8 nitrogen and oxygen atoms in total. The number of anilines is 1. The van der Waals surface area contributed by atoms with Crippen molar-refractivity contribution in [1.82, 2.24) is 29.8 Å². The zero-order valence-corrected chi connectivity index (χ0v) is 18.7. The largest absolute Gasteiger partial charge is 0.305 e. The van der Waals surface area contributed by atoms with Crippen LogP contribution in [0.5, 0.6) is 0 Å². The summed E-state index contributed by atoms with van der Waals surface area (Å²) in [5.74, 6) is 0.336. The van der Waals surface area contributed by atoms with E-state index in [1.807, 2.05) is 48.0 Å². The lowest BCUT2D eigenvalue weighted by Gasteiger charge is -2.27. The fourth-order valence-corrected chi connectivity index (χ4v) is 4.86. The Morgan fingerprint density at radius 2 is 1.94 bits per heavy atom. The number of rotatable bonds is 4. The highest BCUT2D eigenvalue weighted by Crippen LogP contribution is 2.34. The van der Waals surface area contributed by atoms with Gasteiger partial charge in [-0.05, 0) is 61.6 Å². The maximum absolute atomic E-state index is 13.2. The SMILES string of the molecule is Cc1c(C(=O)Nc2ccnn2C2CCCc3ccccc32)nnn1-c1cccc2ncccc12. The summed E-state index contributed by atoms with van der Waals surface area (Å²) in [6, 6.07) is 20.1. The first-order valence-electron chi connectivity index (χ1n) is 11.4. The van der Waals surface area contributed by atoms with Crippen molar-refractivity contribution in [3.05, 3.63) is 95.6 Å². The third-order valence-electron chi connectivity index (χ3n) is 6.51. The predicted molar refractivity (Wildman–Crippen MR) is 129 cm³/mol. The van der Waals surface area contributed by atoms with Crippen LogP contribution in [-0.4, -0.2) is 35.7 Å². The summed E-state index contributed by atoms with van der Waals surface area (Å²) < 4.78 is 3.60. The van der Waals surface area contributed by atoms with Crippen molar-refractivity contribution < 1.29 is 4.79 Å². The molecule has 1 aliphatic carbocycles. The van der Waals surface area contributed by atoms with Gasteiger partial charge in [-0.15, -0.1) is 5.10 Å². The second kappa shape index (κ2) is 8.22. The molecular formula is C26H23N7O. The van der Waals surface area contributed by atoms with Gasteiger partial charge in [-0.2, -0.15) is 5.10 Å². The van der Waals surface area contributed by atoms with Crippen molar-refractivity contribution in [2.24, 2.45) is 0 Å². The maximum atomic E-state index is 13.2. The lowest BCUT2D eigenvalue weighted by atomic mass is 9.88. The summed E-state index contributed by atoms with van der Waals surface area (Å²) in [5, 5.41) is 17.0. The highest BCUT2D eigenvalue weighted by Gasteiger charge is 2.25. The normalized spacial score (nSPS) is 15.3. The van der Waals surface area contributed by atoms with Crippen LogP contribution in [-0.2, 0) is 6.42 Å². The van der Waals surface area contributed by atoms with Gasteiger partial charge in [-0.25, -0.2) is 9.36 Å². The van der Waals surface area contributed by atoms with Gasteiger partial charge in [0.25, 0.3) is 5.91 Å². The number of aromatic nitrogens is 6. The number of aryl methyl sites for hydroxylation is 1. The Morgan fingerprint density at radius 1 is 1.03 bits per heavy atom. The van der Waals surface area contributed by atoms with Gasteiger partial charge in [-0.1, -0.05) is 35.5 Å². The Labute approximate surface area is 196 Å². The molecule has 3 heterocycles. The van der Waals surface area contributed by atoms with Crippen LogP contribution >= 0.6 is 0 Å². The number of carbonyl (C=O) groups excluding carboxylic acids is 1. The van der Waals surface area contributed by atoms with Gasteiger partial charge in [0.1, 0.15) is 5.82 Å². The minimum Gasteiger partial charge on any atom is -0.305 e. The van der Waals surface area contributed by atoms with E-state index in [-0.39, 0.29) is 17.6 Å². The van der Waals surface area contributed by atoms with Crippen molar-refractivity contribution in [2.75, 3.05) is 5.32 Å². The number of nitrogens with one attached hydrogen (secondary N) is 1. The van der Waals surface area contributed by atoms with Gasteiger partial charge >= 0.3 is 0 Å². The molecule has 0 saturated heterocycles. The lowest BCUT2D eigenvalue weighted by molar-refractivity contribution is 0.102. The Morgan fingerprint density at radius 3 is 2.88 bits per heavy atom. The van der Waals surface area contributed by atoms with Gasteiger partial charge < -0.3 is 5.32 Å². The van der Waals surface area contributed by atoms with Crippen LogP contribution in [0.1, 0.15) is 46.2 Å². The molecule has 168 valence electrons. The molecule has 1 unspecified atom stereocenters. The molecule has 1 aliphatic rings. The molecule has 1 N–H and O–H groups in total. The number of benzene rings is 2. The monoisotopic (exact) mass is 449 g/mol. The molecule has 0 aliphatic heterocycles. The smallest absolute Gasteiger partial charge is 0.279 e. The van der Waals surface area contributed by atoms with Crippen LogP contribution < -0.4 is 5.32 Å². The Balaban J connectivity index is 1.31. The van der Waals surface area contributed by atoms with Crippen LogP contribution in [0.2, 0.25) is 0 Å². The minimum absolute atomic E-state index is 0.0928. The van der Waals surface area contributed by atoms with E-state index in [2.05, 4.69) is 50.0 Å². The van der Waals surface area contributed by atoms with Crippen LogP contribution in [0.3, 0.4) is 0 Å². The number of carbonyl (C=O) groups is 1. The van der Waals surface area contributed by atoms with Gasteiger partial charge in [-0.3, -0.25) is 9.78 Å². The topological polar surface area (TPSA) is 90.5 Å². The highest BCUT2D eigenvalue weighted by molar-refractivity contribution is 6.03. The Hall–Kier alpha value is -4.33. The van der Waals surface area contributed by atoms with Gasteiger partial charge in [0.2, 0.25) is 0 Å². The fraction of sp³-hybridized carbons (Fsp3) is 0.192. The van der Waals surface area contributed by atoms with E-state index in [1.54, 1.807) is 17.1 Å². The number of hydrogen-bond acceptors (Lipinski definition) is 5. The molecule has 0 saturated carbocycles. The average Bonchev–Trinajstić information content (AvgIpc) is 3.49. The number of hydrogen-bond donors (Lipinski definition) is 1. The van der Waals surface area contributed by atoms with Crippen molar-refractivity contribution in [1.29, 1.82) is 0 Å². The minimum atomic E-state index is -0.312. The molecule has 1 atom stereocenters. The van der Waals surface area contributed by atoms with Crippen LogP contribution in [0.4, 0.5) is 5.82 Å². The van der Waals surface area contributed by atoms with E-state index in [9.17, 15) is 4.79 Å². The van der Waals surface area contributed by atoms with Gasteiger partial charge in [0, 0.05) is 17.6 Å². The molecule has 3 aromatic heterocycles. The van der Waals surface area contributed by atoms with Crippen LogP contribution in [0.25, 0.3) is 16.6 Å². The first-order valence-corrected chi connectivity index (χ1v) is 11.4. The molecule has 5 aromatic rings. The van der Waals surface area contributed by atoms with E-state index in [0.29, 0.717) is 11.5 Å². The van der Waals surface area contributed by atoms with E-state index < -0.39 is 0 Å². The molecule has 0 radical (unpaired) electrons. The van der Waals surface area contributed by atoms with E-state index in [4.69, 9.17) is 0 Å². The third-order valence-corrected chi connectivity index (χ3v) is 6.51. The van der Waals surface area contributed by atoms with Crippen molar-refractivity contribution in [3.63, 3.8) is 0 Å². The molecule has 6 rings (SSSR count). The second-order valence-electron chi connectivity index (χ2n) is 8.50. The van der Waals surface area contributed by atoms with Crippen molar-refractivity contribution >= 4 is 22.6 Å². The standard InChI is InChI=1S/C26H23N7O/c1-17-25(30-31-32(17)23-13-5-11-21-20(23)10-6-15-27-21)26(34)29-24-14-16-28-33(24)22-12-4-8-18-7-2-3-9-19(18)22/h2-3,5-7,9-11,13-16,22H,4,8,12H2,1H3,(H,29,34). The number of nitrogens with zero attached hydrogens (tertiary/aromatic N) is 6. The Kier molecular flexibility index (Phi) is 4.91. The molecule has 0 fully saturated rings. The predicted octanol–water partition coefficient (Wildman–Crippen LogP) is 4.50.